The molecule has 3 aromatic carbocycles. The van der Waals surface area contributed by atoms with Crippen molar-refractivity contribution in [1.29, 1.82) is 0 Å². The molecule has 0 unspecified atom stereocenters. The van der Waals surface area contributed by atoms with E-state index in [-0.39, 0.29) is 43.8 Å². The molecule has 242 valence electrons. The number of hydrogen-bond acceptors (Lipinski definition) is 7. The second-order valence-corrected chi connectivity index (χ2v) is 10.4. The molecule has 0 atom stereocenters. The Morgan fingerprint density at radius 2 is 1.51 bits per heavy atom. The van der Waals surface area contributed by atoms with Gasteiger partial charge in [0.05, 0.1) is 31.1 Å². The van der Waals surface area contributed by atoms with E-state index in [2.05, 4.69) is 20.6 Å². The molecule has 2 aromatic heterocycles. The number of nitrogens with zero attached hydrogens (tertiary/aromatic N) is 4. The topological polar surface area (TPSA) is 129 Å². The maximum atomic E-state index is 13.2. The quantitative estimate of drug-likeness (QED) is 0.217. The number of fused-ring (bicyclic) bond motifs is 1. The van der Waals surface area contributed by atoms with Crippen LogP contribution in [0.3, 0.4) is 0 Å². The first-order valence-corrected chi connectivity index (χ1v) is 14.8. The van der Waals surface area contributed by atoms with Gasteiger partial charge in [-0.2, -0.15) is 0 Å². The van der Waals surface area contributed by atoms with Gasteiger partial charge in [0.1, 0.15) is 43.0 Å². The number of hydrogen-bond donors (Lipinski definition) is 2. The van der Waals surface area contributed by atoms with E-state index in [1.54, 1.807) is 42.0 Å². The molecule has 11 nitrogen and oxygen atoms in total. The molecule has 0 fully saturated rings. The van der Waals surface area contributed by atoms with Crippen molar-refractivity contribution in [3.63, 3.8) is 0 Å². The number of imidazole rings is 2. The number of alkyl carbamates (subject to hydrolysis) is 1. The van der Waals surface area contributed by atoms with E-state index in [9.17, 15) is 23.2 Å². The van der Waals surface area contributed by atoms with Gasteiger partial charge in [-0.3, -0.25) is 9.59 Å². The Balaban J connectivity index is 0.000000214. The molecule has 1 aliphatic heterocycles. The number of carbonyl (C=O) groups is 3. The summed E-state index contributed by atoms with van der Waals surface area (Å²) < 4.78 is 39.6. The van der Waals surface area contributed by atoms with Crippen LogP contribution in [0.1, 0.15) is 24.1 Å². The minimum atomic E-state index is -0.604. The van der Waals surface area contributed by atoms with Crippen LogP contribution in [0, 0.1) is 11.6 Å². The number of nitrogens with one attached hydrogen (secondary N) is 2. The molecule has 0 spiro atoms. The van der Waals surface area contributed by atoms with Gasteiger partial charge in [-0.05, 0) is 61.0 Å². The first-order valence-electron chi connectivity index (χ1n) is 14.8. The predicted octanol–water partition coefficient (Wildman–Crippen LogP) is 5.00. The molecule has 2 N–H and O–H groups in total. The standard InChI is InChI=1S/C22H22FN3O4.C12H10FN3O/c1-2-29-21(27)14-26-13-19(17-8-10-18(23)11-9-17)25-20(26)12-24-22(28)30-15-16-6-4-3-5-7-16;13-9-3-1-8(2-4-9)10-6-16-7-12(17)14-5-11(16)15-10/h3-11,13H,2,12,14-15H2,1H3,(H,24,28);1-4,6H,5,7H2,(H,14,17). The average molecular weight is 643 g/mol. The molecular formula is C34H32F2N6O5. The van der Waals surface area contributed by atoms with Gasteiger partial charge < -0.3 is 29.2 Å². The van der Waals surface area contributed by atoms with E-state index < -0.39 is 12.1 Å². The SMILES string of the molecule is CCOC(=O)Cn1cc(-c2ccc(F)cc2)nc1CNC(=O)OCc1ccccc1.O=C1Cn2cc(-c3ccc(F)cc3)nc2CN1. The summed E-state index contributed by atoms with van der Waals surface area (Å²) in [7, 11) is 0. The number of esters is 1. The molecule has 3 heterocycles. The Morgan fingerprint density at radius 1 is 0.872 bits per heavy atom. The monoisotopic (exact) mass is 642 g/mol. The number of amides is 2. The molecular weight excluding hydrogens is 610 g/mol. The summed E-state index contributed by atoms with van der Waals surface area (Å²) in [4.78, 5) is 44.1. The van der Waals surface area contributed by atoms with E-state index in [0.717, 1.165) is 22.6 Å². The van der Waals surface area contributed by atoms with E-state index in [0.29, 0.717) is 30.2 Å². The molecule has 0 aliphatic carbocycles. The van der Waals surface area contributed by atoms with Crippen molar-refractivity contribution >= 4 is 18.0 Å². The van der Waals surface area contributed by atoms with Crippen LogP contribution >= 0.6 is 0 Å². The van der Waals surface area contributed by atoms with Crippen molar-refractivity contribution in [2.75, 3.05) is 6.61 Å². The van der Waals surface area contributed by atoms with Gasteiger partial charge in [0.15, 0.2) is 0 Å². The molecule has 47 heavy (non-hydrogen) atoms. The highest BCUT2D eigenvalue weighted by atomic mass is 19.1. The van der Waals surface area contributed by atoms with Crippen LogP contribution in [0.25, 0.3) is 22.5 Å². The number of rotatable bonds is 9. The third kappa shape index (κ3) is 9.10. The summed E-state index contributed by atoms with van der Waals surface area (Å²) in [6, 6.07) is 21.3. The lowest BCUT2D eigenvalue weighted by atomic mass is 10.2. The highest BCUT2D eigenvalue weighted by molar-refractivity contribution is 5.77. The number of benzene rings is 3. The van der Waals surface area contributed by atoms with Crippen LogP contribution in [-0.4, -0.2) is 43.7 Å². The highest BCUT2D eigenvalue weighted by Gasteiger charge is 2.18. The van der Waals surface area contributed by atoms with Crippen molar-refractivity contribution in [3.8, 4) is 22.5 Å². The van der Waals surface area contributed by atoms with Crippen LogP contribution in [0.2, 0.25) is 0 Å². The normalized spacial score (nSPS) is 11.9. The van der Waals surface area contributed by atoms with Crippen LogP contribution in [0.15, 0.2) is 91.3 Å². The summed E-state index contributed by atoms with van der Waals surface area (Å²) in [5.74, 6) is 0.208. The molecule has 6 rings (SSSR count). The second kappa shape index (κ2) is 15.4. The van der Waals surface area contributed by atoms with Crippen LogP contribution in [0.4, 0.5) is 13.6 Å². The number of ether oxygens (including phenoxy) is 2. The van der Waals surface area contributed by atoms with Gasteiger partial charge in [-0.25, -0.2) is 23.5 Å². The Bertz CT molecular complexity index is 1820. The third-order valence-electron chi connectivity index (χ3n) is 6.96. The Hall–Kier alpha value is -5.85. The van der Waals surface area contributed by atoms with Crippen molar-refractivity contribution in [3.05, 3.63) is 120 Å². The minimum absolute atomic E-state index is 0.0134. The summed E-state index contributed by atoms with van der Waals surface area (Å²) in [5, 5.41) is 5.36. The smallest absolute Gasteiger partial charge is 0.407 e. The number of carbonyl (C=O) groups excluding carboxylic acids is 3. The van der Waals surface area contributed by atoms with Gasteiger partial charge >= 0.3 is 12.1 Å². The van der Waals surface area contributed by atoms with Crippen molar-refractivity contribution < 1.29 is 32.6 Å². The molecule has 13 heteroatoms. The van der Waals surface area contributed by atoms with E-state index in [4.69, 9.17) is 9.47 Å². The zero-order valence-electron chi connectivity index (χ0n) is 25.5. The molecule has 0 saturated heterocycles. The summed E-state index contributed by atoms with van der Waals surface area (Å²) in [6.45, 7) is 2.86. The van der Waals surface area contributed by atoms with Gasteiger partial charge in [0.2, 0.25) is 5.91 Å². The van der Waals surface area contributed by atoms with E-state index in [1.165, 1.54) is 24.3 Å². The van der Waals surface area contributed by atoms with Crippen LogP contribution < -0.4 is 10.6 Å². The highest BCUT2D eigenvalue weighted by Crippen LogP contribution is 2.21. The average Bonchev–Trinajstić information content (AvgIpc) is 3.68. The number of aromatic nitrogens is 4. The maximum Gasteiger partial charge on any atom is 0.407 e. The predicted molar refractivity (Wildman–Crippen MR) is 167 cm³/mol. The third-order valence-corrected chi connectivity index (χ3v) is 6.96. The Morgan fingerprint density at radius 3 is 2.15 bits per heavy atom. The summed E-state index contributed by atoms with van der Waals surface area (Å²) in [5.41, 5.74) is 3.72. The lowest BCUT2D eigenvalue weighted by Gasteiger charge is -2.13. The van der Waals surface area contributed by atoms with Gasteiger partial charge in [-0.1, -0.05) is 30.3 Å². The molecule has 5 aromatic rings. The Kier molecular flexibility index (Phi) is 10.7. The molecule has 2 amide bonds. The maximum absolute atomic E-state index is 13.2. The summed E-state index contributed by atoms with van der Waals surface area (Å²) in [6.07, 6.45) is 2.88. The second-order valence-electron chi connectivity index (χ2n) is 10.4. The molecule has 0 radical (unpaired) electrons. The zero-order chi connectivity index (χ0) is 33.2. The van der Waals surface area contributed by atoms with Crippen LogP contribution in [-0.2, 0) is 51.8 Å². The first-order chi connectivity index (χ1) is 22.8. The fourth-order valence-electron chi connectivity index (χ4n) is 4.64. The molecule has 1 aliphatic rings. The van der Waals surface area contributed by atoms with Gasteiger partial charge in [-0.15, -0.1) is 0 Å². The minimum Gasteiger partial charge on any atom is -0.465 e. The van der Waals surface area contributed by atoms with Crippen molar-refractivity contribution in [1.82, 2.24) is 29.7 Å². The lowest BCUT2D eigenvalue weighted by Crippen LogP contribution is -2.33. The fraction of sp³-hybridized carbons (Fsp3) is 0.206. The zero-order valence-corrected chi connectivity index (χ0v) is 25.5. The number of halogens is 2. The van der Waals surface area contributed by atoms with Crippen molar-refractivity contribution in [2.45, 2.75) is 39.7 Å². The fourth-order valence-corrected chi connectivity index (χ4v) is 4.64. The van der Waals surface area contributed by atoms with Crippen molar-refractivity contribution in [2.24, 2.45) is 0 Å². The Labute approximate surface area is 269 Å². The summed E-state index contributed by atoms with van der Waals surface area (Å²) >= 11 is 0. The molecule has 0 saturated carbocycles. The first kappa shape index (κ1) is 32.5. The van der Waals surface area contributed by atoms with E-state index in [1.807, 2.05) is 41.1 Å². The van der Waals surface area contributed by atoms with Crippen LogP contribution in [0.5, 0.6) is 0 Å². The lowest BCUT2D eigenvalue weighted by molar-refractivity contribution is -0.143. The molecule has 0 bridgehead atoms. The van der Waals surface area contributed by atoms with Gasteiger partial charge in [0, 0.05) is 23.5 Å². The largest absolute Gasteiger partial charge is 0.465 e. The van der Waals surface area contributed by atoms with E-state index >= 15 is 0 Å². The van der Waals surface area contributed by atoms with Gasteiger partial charge in [0.25, 0.3) is 0 Å².